The first-order valence-electron chi connectivity index (χ1n) is 6.16. The smallest absolute Gasteiger partial charge is 0.124 e. The van der Waals surface area contributed by atoms with Crippen LogP contribution in [0.4, 0.5) is 0 Å². The van der Waals surface area contributed by atoms with Crippen molar-refractivity contribution in [1.29, 1.82) is 0 Å². The van der Waals surface area contributed by atoms with E-state index in [0.29, 0.717) is 0 Å². The molecule has 4 nitrogen and oxygen atoms in total. The Morgan fingerprint density at radius 2 is 2.17 bits per heavy atom. The molecule has 0 saturated heterocycles. The van der Waals surface area contributed by atoms with Crippen LogP contribution >= 0.6 is 0 Å². The van der Waals surface area contributed by atoms with Crippen LogP contribution in [0.3, 0.4) is 0 Å². The molecule has 18 heavy (non-hydrogen) atoms. The van der Waals surface area contributed by atoms with Crippen molar-refractivity contribution in [3.63, 3.8) is 0 Å². The number of hydrogen-bond donors (Lipinski definition) is 0. The fraction of sp³-hybridized carbons (Fsp3) is 0.500. The molecule has 0 saturated carbocycles. The van der Waals surface area contributed by atoms with Gasteiger partial charge in [-0.05, 0) is 13.5 Å². The van der Waals surface area contributed by atoms with Gasteiger partial charge in [0.25, 0.3) is 0 Å². The second kappa shape index (κ2) is 4.87. The quantitative estimate of drug-likeness (QED) is 0.731. The van der Waals surface area contributed by atoms with Crippen molar-refractivity contribution in [2.45, 2.75) is 19.5 Å². The summed E-state index contributed by atoms with van der Waals surface area (Å²) in [6.45, 7) is 6.92. The number of terminal acetylenes is 1. The average molecular weight is 244 g/mol. The predicted octanol–water partition coefficient (Wildman–Crippen LogP) is 1.23. The molecule has 0 radical (unpaired) electrons. The van der Waals surface area contributed by atoms with E-state index in [4.69, 9.17) is 6.42 Å². The molecular formula is C14H20N4. The zero-order valence-electron chi connectivity index (χ0n) is 11.4. The van der Waals surface area contributed by atoms with Crippen molar-refractivity contribution in [1.82, 2.24) is 19.6 Å². The van der Waals surface area contributed by atoms with Gasteiger partial charge in [-0.1, -0.05) is 12.5 Å². The molecule has 0 N–H and O–H groups in total. The van der Waals surface area contributed by atoms with E-state index < -0.39 is 0 Å². The summed E-state index contributed by atoms with van der Waals surface area (Å²) >= 11 is 0. The number of fused-ring (bicyclic) bond motifs is 1. The molecule has 0 aliphatic carbocycles. The lowest BCUT2D eigenvalue weighted by Gasteiger charge is -2.15. The molecule has 4 heteroatoms. The molecule has 0 spiro atoms. The molecular weight excluding hydrogens is 224 g/mol. The lowest BCUT2D eigenvalue weighted by molar-refractivity contribution is 0.332. The van der Waals surface area contributed by atoms with Crippen LogP contribution in [-0.2, 0) is 13.1 Å². The average Bonchev–Trinajstić information content (AvgIpc) is 2.55. The number of aromatic nitrogens is 2. The Morgan fingerprint density at radius 3 is 2.78 bits per heavy atom. The third-order valence-corrected chi connectivity index (χ3v) is 3.34. The molecule has 0 unspecified atom stereocenters. The Morgan fingerprint density at radius 1 is 1.44 bits per heavy atom. The van der Waals surface area contributed by atoms with Gasteiger partial charge >= 0.3 is 0 Å². The van der Waals surface area contributed by atoms with Gasteiger partial charge in [-0.3, -0.25) is 4.68 Å². The van der Waals surface area contributed by atoms with Gasteiger partial charge in [0.05, 0.1) is 17.0 Å². The highest BCUT2D eigenvalue weighted by Crippen LogP contribution is 2.24. The first kappa shape index (κ1) is 12.7. The van der Waals surface area contributed by atoms with Crippen LogP contribution in [0, 0.1) is 12.3 Å². The summed E-state index contributed by atoms with van der Waals surface area (Å²) < 4.78 is 2.04. The first-order chi connectivity index (χ1) is 8.54. The van der Waals surface area contributed by atoms with Gasteiger partial charge < -0.3 is 9.80 Å². The van der Waals surface area contributed by atoms with Gasteiger partial charge in [-0.15, -0.1) is 6.42 Å². The van der Waals surface area contributed by atoms with E-state index in [9.17, 15) is 0 Å². The van der Waals surface area contributed by atoms with Gasteiger partial charge in [-0.25, -0.2) is 0 Å². The van der Waals surface area contributed by atoms with E-state index in [2.05, 4.69) is 29.5 Å². The van der Waals surface area contributed by atoms with Crippen molar-refractivity contribution in [3.05, 3.63) is 23.5 Å². The summed E-state index contributed by atoms with van der Waals surface area (Å²) in [5.41, 5.74) is 3.73. The SMILES string of the molecule is C#Cc1c(C(=C)N(C)C)nn2c1CN(C)CCC2. The fourth-order valence-electron chi connectivity index (χ4n) is 2.23. The maximum atomic E-state index is 5.67. The van der Waals surface area contributed by atoms with Gasteiger partial charge in [0.1, 0.15) is 5.69 Å². The Bertz CT molecular complexity index is 505. The molecule has 0 bridgehead atoms. The molecule has 2 heterocycles. The second-order valence-corrected chi connectivity index (χ2v) is 4.97. The van der Waals surface area contributed by atoms with Crippen LogP contribution < -0.4 is 0 Å². The summed E-state index contributed by atoms with van der Waals surface area (Å²) in [7, 11) is 6.03. The Kier molecular flexibility index (Phi) is 3.44. The van der Waals surface area contributed by atoms with Gasteiger partial charge in [0.2, 0.25) is 0 Å². The number of rotatable bonds is 2. The number of aryl methyl sites for hydroxylation is 1. The molecule has 0 amide bonds. The molecule has 96 valence electrons. The number of nitrogens with zero attached hydrogens (tertiary/aromatic N) is 4. The van der Waals surface area contributed by atoms with Crippen LogP contribution in [-0.4, -0.2) is 47.3 Å². The second-order valence-electron chi connectivity index (χ2n) is 4.97. The maximum Gasteiger partial charge on any atom is 0.124 e. The van der Waals surface area contributed by atoms with Crippen molar-refractivity contribution in [2.75, 3.05) is 27.7 Å². The first-order valence-corrected chi connectivity index (χ1v) is 6.16. The topological polar surface area (TPSA) is 24.3 Å². The summed E-state index contributed by atoms with van der Waals surface area (Å²) in [6.07, 6.45) is 6.77. The van der Waals surface area contributed by atoms with Gasteiger partial charge in [0.15, 0.2) is 0 Å². The van der Waals surface area contributed by atoms with E-state index in [-0.39, 0.29) is 0 Å². The van der Waals surface area contributed by atoms with E-state index in [0.717, 1.165) is 48.7 Å². The predicted molar refractivity (Wildman–Crippen MR) is 73.8 cm³/mol. The normalized spacial score (nSPS) is 15.7. The standard InChI is InChI=1S/C14H20N4/c1-6-12-13-10-17(5)8-7-9-18(13)15-14(12)11(2)16(3)4/h1H,2,7-10H2,3-5H3. The van der Waals surface area contributed by atoms with E-state index in [1.807, 2.05) is 23.7 Å². The van der Waals surface area contributed by atoms with Crippen molar-refractivity contribution in [2.24, 2.45) is 0 Å². The molecule has 0 atom stereocenters. The zero-order chi connectivity index (χ0) is 13.3. The molecule has 1 aromatic heterocycles. The number of hydrogen-bond acceptors (Lipinski definition) is 3. The molecule has 0 aromatic carbocycles. The Labute approximate surface area is 109 Å². The molecule has 1 aliphatic rings. The highest BCUT2D eigenvalue weighted by Gasteiger charge is 2.22. The largest absolute Gasteiger partial charge is 0.376 e. The minimum absolute atomic E-state index is 0.841. The van der Waals surface area contributed by atoms with E-state index in [1.165, 1.54) is 0 Å². The monoisotopic (exact) mass is 244 g/mol. The third kappa shape index (κ3) is 2.14. The van der Waals surface area contributed by atoms with E-state index in [1.54, 1.807) is 0 Å². The van der Waals surface area contributed by atoms with Crippen molar-refractivity contribution >= 4 is 5.70 Å². The highest BCUT2D eigenvalue weighted by molar-refractivity contribution is 5.65. The molecule has 1 aromatic rings. The Balaban J connectivity index is 2.49. The maximum absolute atomic E-state index is 5.67. The fourth-order valence-corrected chi connectivity index (χ4v) is 2.23. The summed E-state index contributed by atoms with van der Waals surface area (Å²) in [5, 5.41) is 4.64. The molecule has 1 aliphatic heterocycles. The van der Waals surface area contributed by atoms with Crippen molar-refractivity contribution < 1.29 is 0 Å². The van der Waals surface area contributed by atoms with Crippen LogP contribution in [0.1, 0.15) is 23.4 Å². The van der Waals surface area contributed by atoms with Crippen LogP contribution in [0.25, 0.3) is 5.70 Å². The highest BCUT2D eigenvalue weighted by atomic mass is 15.3. The third-order valence-electron chi connectivity index (χ3n) is 3.34. The Hall–Kier alpha value is -1.73. The zero-order valence-corrected chi connectivity index (χ0v) is 11.4. The van der Waals surface area contributed by atoms with E-state index >= 15 is 0 Å². The minimum atomic E-state index is 0.841. The summed E-state index contributed by atoms with van der Waals surface area (Å²) in [4.78, 5) is 4.23. The van der Waals surface area contributed by atoms with Gasteiger partial charge in [-0.2, -0.15) is 5.10 Å². The molecule has 2 rings (SSSR count). The lowest BCUT2D eigenvalue weighted by atomic mass is 10.1. The van der Waals surface area contributed by atoms with Gasteiger partial charge in [0, 0.05) is 33.7 Å². The van der Waals surface area contributed by atoms with Crippen molar-refractivity contribution in [3.8, 4) is 12.3 Å². The van der Waals surface area contributed by atoms with Crippen LogP contribution in [0.2, 0.25) is 0 Å². The minimum Gasteiger partial charge on any atom is -0.376 e. The summed E-state index contributed by atoms with van der Waals surface area (Å²) in [5.74, 6) is 2.79. The molecule has 0 fully saturated rings. The lowest BCUT2D eigenvalue weighted by Crippen LogP contribution is -2.18. The van der Waals surface area contributed by atoms with Crippen LogP contribution in [0.15, 0.2) is 6.58 Å². The summed E-state index contributed by atoms with van der Waals surface area (Å²) in [6, 6.07) is 0. The van der Waals surface area contributed by atoms with Crippen LogP contribution in [0.5, 0.6) is 0 Å².